The van der Waals surface area contributed by atoms with Crippen molar-refractivity contribution < 1.29 is 9.90 Å². The quantitative estimate of drug-likeness (QED) is 0.801. The lowest BCUT2D eigenvalue weighted by Gasteiger charge is -2.23. The second-order valence-corrected chi connectivity index (χ2v) is 5.02. The highest BCUT2D eigenvalue weighted by molar-refractivity contribution is 5.91. The average molecular weight is 230 g/mol. The van der Waals surface area contributed by atoms with Crippen LogP contribution in [-0.4, -0.2) is 10.9 Å². The smallest absolute Gasteiger partial charge is 0.159 e. The van der Waals surface area contributed by atoms with Crippen LogP contribution in [0.2, 0.25) is 0 Å². The standard InChI is InChI=1S/C15H18O2/c1-9-4-10(2)15(11(3)5-9)12-6-13(16)8-14(17)7-12/h4-5,8,12,16H,6-7H2,1-3H3/t12-/m1/s1. The fraction of sp³-hybridized carbons (Fsp3) is 0.400. The molecule has 1 aromatic carbocycles. The number of rotatable bonds is 1. The van der Waals surface area contributed by atoms with Crippen molar-refractivity contribution in [2.45, 2.75) is 39.5 Å². The first kappa shape index (κ1) is 11.9. The van der Waals surface area contributed by atoms with E-state index in [1.807, 2.05) is 0 Å². The molecule has 0 spiro atoms. The number of benzene rings is 1. The number of allylic oxidation sites excluding steroid dienone is 2. The van der Waals surface area contributed by atoms with Crippen LogP contribution in [0.4, 0.5) is 0 Å². The predicted molar refractivity (Wildman–Crippen MR) is 68.3 cm³/mol. The fourth-order valence-electron chi connectivity index (χ4n) is 2.91. The van der Waals surface area contributed by atoms with Crippen molar-refractivity contribution in [2.24, 2.45) is 0 Å². The molecule has 2 rings (SSSR count). The molecule has 0 radical (unpaired) electrons. The van der Waals surface area contributed by atoms with E-state index in [1.165, 1.54) is 28.3 Å². The Morgan fingerprint density at radius 1 is 1.12 bits per heavy atom. The van der Waals surface area contributed by atoms with Gasteiger partial charge in [-0.05, 0) is 43.4 Å². The number of ketones is 1. The van der Waals surface area contributed by atoms with Crippen LogP contribution >= 0.6 is 0 Å². The van der Waals surface area contributed by atoms with Gasteiger partial charge < -0.3 is 5.11 Å². The van der Waals surface area contributed by atoms with E-state index in [4.69, 9.17) is 0 Å². The van der Waals surface area contributed by atoms with Crippen LogP contribution in [-0.2, 0) is 4.79 Å². The van der Waals surface area contributed by atoms with Crippen molar-refractivity contribution in [1.82, 2.24) is 0 Å². The molecular formula is C15H18O2. The summed E-state index contributed by atoms with van der Waals surface area (Å²) >= 11 is 0. The van der Waals surface area contributed by atoms with Gasteiger partial charge >= 0.3 is 0 Å². The van der Waals surface area contributed by atoms with Gasteiger partial charge in [-0.3, -0.25) is 4.79 Å². The third-order valence-corrected chi connectivity index (χ3v) is 3.38. The molecule has 1 aliphatic carbocycles. The molecule has 1 aliphatic rings. The third kappa shape index (κ3) is 2.41. The molecule has 0 aliphatic heterocycles. The van der Waals surface area contributed by atoms with E-state index in [0.29, 0.717) is 12.8 Å². The minimum Gasteiger partial charge on any atom is -0.512 e. The molecule has 1 N–H and O–H groups in total. The Kier molecular flexibility index (Phi) is 3.05. The minimum absolute atomic E-state index is 0.0260. The van der Waals surface area contributed by atoms with E-state index in [-0.39, 0.29) is 17.5 Å². The fourth-order valence-corrected chi connectivity index (χ4v) is 2.91. The summed E-state index contributed by atoms with van der Waals surface area (Å²) in [7, 11) is 0. The van der Waals surface area contributed by atoms with Crippen LogP contribution in [0.5, 0.6) is 0 Å². The zero-order valence-corrected chi connectivity index (χ0v) is 10.6. The van der Waals surface area contributed by atoms with Gasteiger partial charge in [0.25, 0.3) is 0 Å². The van der Waals surface area contributed by atoms with E-state index in [9.17, 15) is 9.90 Å². The summed E-state index contributed by atoms with van der Waals surface area (Å²) in [5, 5.41) is 9.59. The van der Waals surface area contributed by atoms with Gasteiger partial charge in [0.05, 0.1) is 5.76 Å². The van der Waals surface area contributed by atoms with E-state index in [0.717, 1.165) is 0 Å². The maximum absolute atomic E-state index is 11.5. The molecule has 0 amide bonds. The van der Waals surface area contributed by atoms with Crippen LogP contribution in [0.3, 0.4) is 0 Å². The molecule has 0 fully saturated rings. The van der Waals surface area contributed by atoms with Crippen LogP contribution in [0, 0.1) is 20.8 Å². The van der Waals surface area contributed by atoms with Crippen molar-refractivity contribution >= 4 is 5.78 Å². The predicted octanol–water partition coefficient (Wildman–Crippen LogP) is 3.50. The van der Waals surface area contributed by atoms with Gasteiger partial charge in [0.2, 0.25) is 0 Å². The van der Waals surface area contributed by atoms with Gasteiger partial charge in [-0.15, -0.1) is 0 Å². The number of carbonyl (C=O) groups excluding carboxylic acids is 1. The lowest BCUT2D eigenvalue weighted by atomic mass is 9.81. The average Bonchev–Trinajstić information content (AvgIpc) is 2.13. The van der Waals surface area contributed by atoms with Gasteiger partial charge in [0.15, 0.2) is 5.78 Å². The lowest BCUT2D eigenvalue weighted by molar-refractivity contribution is -0.115. The van der Waals surface area contributed by atoms with Crippen molar-refractivity contribution in [3.8, 4) is 0 Å². The second-order valence-electron chi connectivity index (χ2n) is 5.02. The molecule has 0 bridgehead atoms. The largest absolute Gasteiger partial charge is 0.512 e. The molecule has 0 saturated heterocycles. The summed E-state index contributed by atoms with van der Waals surface area (Å²) in [5.41, 5.74) is 4.90. The van der Waals surface area contributed by atoms with Gasteiger partial charge in [0.1, 0.15) is 0 Å². The number of aliphatic hydroxyl groups excluding tert-OH is 1. The summed E-state index contributed by atoms with van der Waals surface area (Å²) in [5.74, 6) is 0.372. The normalized spacial score (nSPS) is 20.3. The Labute approximate surface area is 102 Å². The highest BCUT2D eigenvalue weighted by Crippen LogP contribution is 2.34. The molecule has 2 heteroatoms. The highest BCUT2D eigenvalue weighted by atomic mass is 16.3. The van der Waals surface area contributed by atoms with Gasteiger partial charge in [-0.1, -0.05) is 17.7 Å². The lowest BCUT2D eigenvalue weighted by Crippen LogP contribution is -2.14. The molecular weight excluding hydrogens is 212 g/mol. The first-order valence-electron chi connectivity index (χ1n) is 5.97. The first-order chi connectivity index (χ1) is 7.97. The molecule has 0 aromatic heterocycles. The first-order valence-corrected chi connectivity index (χ1v) is 5.97. The van der Waals surface area contributed by atoms with E-state index in [2.05, 4.69) is 32.9 Å². The molecule has 0 unspecified atom stereocenters. The number of hydrogen-bond donors (Lipinski definition) is 1. The van der Waals surface area contributed by atoms with Crippen LogP contribution in [0.25, 0.3) is 0 Å². The number of hydrogen-bond acceptors (Lipinski definition) is 2. The second kappa shape index (κ2) is 4.36. The summed E-state index contributed by atoms with van der Waals surface area (Å²) in [6, 6.07) is 4.28. The third-order valence-electron chi connectivity index (χ3n) is 3.38. The maximum atomic E-state index is 11.5. The van der Waals surface area contributed by atoms with E-state index in [1.54, 1.807) is 0 Å². The monoisotopic (exact) mass is 230 g/mol. The van der Waals surface area contributed by atoms with Crippen molar-refractivity contribution in [1.29, 1.82) is 0 Å². The minimum atomic E-state index is 0.0260. The SMILES string of the molecule is Cc1cc(C)c([C@H]2CC(=O)C=C(O)C2)c(C)c1. The molecule has 2 nitrogen and oxygen atoms in total. The van der Waals surface area contributed by atoms with Gasteiger partial charge in [0, 0.05) is 18.9 Å². The molecule has 90 valence electrons. The Morgan fingerprint density at radius 3 is 2.24 bits per heavy atom. The van der Waals surface area contributed by atoms with Crippen molar-refractivity contribution in [2.75, 3.05) is 0 Å². The number of carbonyl (C=O) groups is 1. The van der Waals surface area contributed by atoms with Crippen LogP contribution < -0.4 is 0 Å². The Bertz CT molecular complexity index is 475. The molecule has 1 aromatic rings. The van der Waals surface area contributed by atoms with E-state index >= 15 is 0 Å². The highest BCUT2D eigenvalue weighted by Gasteiger charge is 2.24. The zero-order valence-electron chi connectivity index (χ0n) is 10.6. The maximum Gasteiger partial charge on any atom is 0.159 e. The summed E-state index contributed by atoms with van der Waals surface area (Å²) in [6.07, 6.45) is 2.45. The Morgan fingerprint density at radius 2 is 1.71 bits per heavy atom. The number of aryl methyl sites for hydroxylation is 3. The summed E-state index contributed by atoms with van der Waals surface area (Å²) in [6.45, 7) is 6.23. The van der Waals surface area contributed by atoms with Crippen molar-refractivity contribution in [3.63, 3.8) is 0 Å². The van der Waals surface area contributed by atoms with Crippen LogP contribution in [0.1, 0.15) is 41.0 Å². The summed E-state index contributed by atoms with van der Waals surface area (Å²) < 4.78 is 0. The Hall–Kier alpha value is -1.57. The molecule has 17 heavy (non-hydrogen) atoms. The topological polar surface area (TPSA) is 37.3 Å². The molecule has 0 heterocycles. The summed E-state index contributed by atoms with van der Waals surface area (Å²) in [4.78, 5) is 11.5. The molecule has 1 atom stereocenters. The number of aliphatic hydroxyl groups is 1. The van der Waals surface area contributed by atoms with Gasteiger partial charge in [-0.25, -0.2) is 0 Å². The van der Waals surface area contributed by atoms with Crippen LogP contribution in [0.15, 0.2) is 24.0 Å². The van der Waals surface area contributed by atoms with E-state index < -0.39 is 0 Å². The van der Waals surface area contributed by atoms with Crippen molar-refractivity contribution in [3.05, 3.63) is 46.2 Å². The zero-order chi connectivity index (χ0) is 12.6. The molecule has 0 saturated carbocycles. The Balaban J connectivity index is 2.42. The van der Waals surface area contributed by atoms with Gasteiger partial charge in [-0.2, -0.15) is 0 Å².